The Kier molecular flexibility index (Phi) is 6.25. The minimum Gasteiger partial charge on any atom is -0.505 e. The van der Waals surface area contributed by atoms with Gasteiger partial charge in [0.15, 0.2) is 11.6 Å². The van der Waals surface area contributed by atoms with E-state index in [-0.39, 0.29) is 5.75 Å². The van der Waals surface area contributed by atoms with E-state index in [2.05, 4.69) is 38.2 Å². The maximum atomic E-state index is 13.2. The summed E-state index contributed by atoms with van der Waals surface area (Å²) in [5.41, 5.74) is 0.599. The molecular weight excluding hydrogens is 243 g/mol. The van der Waals surface area contributed by atoms with Crippen LogP contribution in [0.2, 0.25) is 0 Å². The molecule has 1 aromatic rings. The summed E-state index contributed by atoms with van der Waals surface area (Å²) in [4.78, 5) is 2.19. The summed E-state index contributed by atoms with van der Waals surface area (Å²) in [7, 11) is 4.13. The lowest BCUT2D eigenvalue weighted by atomic mass is 10.0. The van der Waals surface area contributed by atoms with Crippen LogP contribution < -0.4 is 5.32 Å². The minimum absolute atomic E-state index is 0.250. The average molecular weight is 268 g/mol. The molecule has 0 spiro atoms. The first-order valence-electron chi connectivity index (χ1n) is 6.75. The van der Waals surface area contributed by atoms with Gasteiger partial charge >= 0.3 is 0 Å². The predicted octanol–water partition coefficient (Wildman–Crippen LogP) is 2.60. The van der Waals surface area contributed by atoms with E-state index in [0.29, 0.717) is 24.1 Å². The standard InChI is InChI=1S/C15H25FN2O/c1-11(2)8-13(18(3)4)10-17-9-12-6-5-7-14(16)15(12)19/h5-7,11,13,17,19H,8-10H2,1-4H3. The van der Waals surface area contributed by atoms with E-state index in [0.717, 1.165) is 13.0 Å². The molecule has 1 rings (SSSR count). The topological polar surface area (TPSA) is 35.5 Å². The van der Waals surface area contributed by atoms with Gasteiger partial charge in [-0.05, 0) is 32.5 Å². The highest BCUT2D eigenvalue weighted by Gasteiger charge is 2.13. The van der Waals surface area contributed by atoms with Crippen molar-refractivity contribution in [1.29, 1.82) is 0 Å². The smallest absolute Gasteiger partial charge is 0.165 e. The molecule has 0 fully saturated rings. The van der Waals surface area contributed by atoms with Crippen LogP contribution in [0.15, 0.2) is 18.2 Å². The highest BCUT2D eigenvalue weighted by Crippen LogP contribution is 2.20. The minimum atomic E-state index is -0.564. The van der Waals surface area contributed by atoms with Gasteiger partial charge in [-0.1, -0.05) is 26.0 Å². The second kappa shape index (κ2) is 7.46. The maximum absolute atomic E-state index is 13.2. The van der Waals surface area contributed by atoms with E-state index in [1.54, 1.807) is 12.1 Å². The average Bonchev–Trinajstić information content (AvgIpc) is 2.32. The molecule has 0 saturated heterocycles. The quantitative estimate of drug-likeness (QED) is 0.798. The van der Waals surface area contributed by atoms with Crippen molar-refractivity contribution in [3.63, 3.8) is 0 Å². The first-order chi connectivity index (χ1) is 8.91. The zero-order chi connectivity index (χ0) is 14.4. The summed E-state index contributed by atoms with van der Waals surface area (Å²) < 4.78 is 13.2. The van der Waals surface area contributed by atoms with Crippen molar-refractivity contribution in [3.8, 4) is 5.75 Å². The van der Waals surface area contributed by atoms with E-state index in [1.165, 1.54) is 6.07 Å². The van der Waals surface area contributed by atoms with Crippen LogP contribution in [0.4, 0.5) is 4.39 Å². The Morgan fingerprint density at radius 2 is 2.00 bits per heavy atom. The second-order valence-electron chi connectivity index (χ2n) is 5.63. The summed E-state index contributed by atoms with van der Waals surface area (Å²) in [6.07, 6.45) is 1.11. The van der Waals surface area contributed by atoms with E-state index in [4.69, 9.17) is 0 Å². The highest BCUT2D eigenvalue weighted by molar-refractivity contribution is 5.33. The van der Waals surface area contributed by atoms with Crippen molar-refractivity contribution in [3.05, 3.63) is 29.6 Å². The van der Waals surface area contributed by atoms with Crippen LogP contribution in [-0.2, 0) is 6.54 Å². The number of hydrogen-bond donors (Lipinski definition) is 2. The number of para-hydroxylation sites is 1. The molecular formula is C15H25FN2O. The van der Waals surface area contributed by atoms with Gasteiger partial charge in [0.1, 0.15) is 0 Å². The van der Waals surface area contributed by atoms with Crippen molar-refractivity contribution in [2.45, 2.75) is 32.9 Å². The first kappa shape index (κ1) is 15.9. The highest BCUT2D eigenvalue weighted by atomic mass is 19.1. The van der Waals surface area contributed by atoms with Crippen LogP contribution in [0.3, 0.4) is 0 Å². The first-order valence-corrected chi connectivity index (χ1v) is 6.75. The fourth-order valence-corrected chi connectivity index (χ4v) is 2.10. The fraction of sp³-hybridized carbons (Fsp3) is 0.600. The van der Waals surface area contributed by atoms with Crippen LogP contribution in [0.5, 0.6) is 5.75 Å². The normalized spacial score (nSPS) is 13.2. The summed E-state index contributed by atoms with van der Waals surface area (Å²) in [6, 6.07) is 5.05. The van der Waals surface area contributed by atoms with E-state index < -0.39 is 5.82 Å². The van der Waals surface area contributed by atoms with E-state index >= 15 is 0 Å². The Morgan fingerprint density at radius 3 is 2.58 bits per heavy atom. The largest absolute Gasteiger partial charge is 0.505 e. The van der Waals surface area contributed by atoms with E-state index in [9.17, 15) is 9.50 Å². The van der Waals surface area contributed by atoms with Gasteiger partial charge in [-0.2, -0.15) is 0 Å². The van der Waals surface area contributed by atoms with Crippen molar-refractivity contribution < 1.29 is 9.50 Å². The third-order valence-electron chi connectivity index (χ3n) is 3.24. The number of phenols is 1. The van der Waals surface area contributed by atoms with Gasteiger partial charge in [0.2, 0.25) is 0 Å². The van der Waals surface area contributed by atoms with Gasteiger partial charge in [0.25, 0.3) is 0 Å². The number of likely N-dealkylation sites (N-methyl/N-ethyl adjacent to an activating group) is 1. The molecule has 0 saturated carbocycles. The molecule has 0 radical (unpaired) electrons. The SMILES string of the molecule is CC(C)CC(CNCc1cccc(F)c1O)N(C)C. The predicted molar refractivity (Wildman–Crippen MR) is 76.7 cm³/mol. The van der Waals surface area contributed by atoms with Gasteiger partial charge in [-0.15, -0.1) is 0 Å². The van der Waals surface area contributed by atoms with Crippen molar-refractivity contribution in [2.75, 3.05) is 20.6 Å². The molecule has 2 N–H and O–H groups in total. The second-order valence-corrected chi connectivity index (χ2v) is 5.63. The molecule has 1 unspecified atom stereocenters. The van der Waals surface area contributed by atoms with Gasteiger partial charge in [0, 0.05) is 24.7 Å². The molecule has 1 atom stereocenters. The Hall–Kier alpha value is -1.13. The lowest BCUT2D eigenvalue weighted by Crippen LogP contribution is -2.38. The fourth-order valence-electron chi connectivity index (χ4n) is 2.10. The van der Waals surface area contributed by atoms with Crippen molar-refractivity contribution in [2.24, 2.45) is 5.92 Å². The Labute approximate surface area is 115 Å². The lowest BCUT2D eigenvalue weighted by molar-refractivity contribution is 0.246. The molecule has 108 valence electrons. The number of rotatable bonds is 7. The number of nitrogens with zero attached hydrogens (tertiary/aromatic N) is 1. The third kappa shape index (κ3) is 5.17. The molecule has 0 aliphatic heterocycles. The molecule has 0 amide bonds. The molecule has 1 aromatic carbocycles. The molecule has 0 aliphatic rings. The number of halogens is 1. The number of aromatic hydroxyl groups is 1. The van der Waals surface area contributed by atoms with Crippen LogP contribution in [-0.4, -0.2) is 36.7 Å². The van der Waals surface area contributed by atoms with Gasteiger partial charge in [0.05, 0.1) is 0 Å². The zero-order valence-corrected chi connectivity index (χ0v) is 12.3. The molecule has 0 aliphatic carbocycles. The third-order valence-corrected chi connectivity index (χ3v) is 3.24. The maximum Gasteiger partial charge on any atom is 0.165 e. The summed E-state index contributed by atoms with van der Waals surface area (Å²) in [5, 5.41) is 12.9. The number of hydrogen-bond acceptors (Lipinski definition) is 3. The number of benzene rings is 1. The molecule has 19 heavy (non-hydrogen) atoms. The van der Waals surface area contributed by atoms with Crippen molar-refractivity contribution >= 4 is 0 Å². The summed E-state index contributed by atoms with van der Waals surface area (Å²) in [5.74, 6) is -0.178. The molecule has 3 nitrogen and oxygen atoms in total. The molecule has 0 heterocycles. The van der Waals surface area contributed by atoms with Gasteiger partial charge in [-0.25, -0.2) is 4.39 Å². The molecule has 0 aromatic heterocycles. The van der Waals surface area contributed by atoms with Crippen LogP contribution in [0, 0.1) is 11.7 Å². The van der Waals surface area contributed by atoms with Crippen molar-refractivity contribution in [1.82, 2.24) is 10.2 Å². The van der Waals surface area contributed by atoms with E-state index in [1.807, 2.05) is 0 Å². The Balaban J connectivity index is 2.50. The van der Waals surface area contributed by atoms with Crippen LogP contribution >= 0.6 is 0 Å². The molecule has 0 bridgehead atoms. The summed E-state index contributed by atoms with van der Waals surface area (Å²) >= 11 is 0. The van der Waals surface area contributed by atoms with Gasteiger partial charge in [-0.3, -0.25) is 0 Å². The number of nitrogens with one attached hydrogen (secondary N) is 1. The molecule has 4 heteroatoms. The monoisotopic (exact) mass is 268 g/mol. The van der Waals surface area contributed by atoms with Gasteiger partial charge < -0.3 is 15.3 Å². The Morgan fingerprint density at radius 1 is 1.32 bits per heavy atom. The number of phenolic OH excluding ortho intramolecular Hbond substituents is 1. The Bertz CT molecular complexity index is 394. The zero-order valence-electron chi connectivity index (χ0n) is 12.3. The summed E-state index contributed by atoms with van der Waals surface area (Å²) in [6.45, 7) is 5.71. The lowest BCUT2D eigenvalue weighted by Gasteiger charge is -2.26. The van der Waals surface area contributed by atoms with Crippen LogP contribution in [0.1, 0.15) is 25.8 Å². The van der Waals surface area contributed by atoms with Crippen LogP contribution in [0.25, 0.3) is 0 Å².